The molecule has 70 valence electrons. The molecule has 3 heteroatoms. The van der Waals surface area contributed by atoms with Crippen LogP contribution in [0.3, 0.4) is 0 Å². The maximum atomic E-state index is 5.69. The van der Waals surface area contributed by atoms with Gasteiger partial charge in [-0.15, -0.1) is 0 Å². The maximum Gasteiger partial charge on any atom is 0.228 e. The Morgan fingerprint density at radius 1 is 1.54 bits per heavy atom. The summed E-state index contributed by atoms with van der Waals surface area (Å²) in [6, 6.07) is 3.84. The minimum absolute atomic E-state index is 0.376. The Kier molecular flexibility index (Phi) is 2.54. The second-order valence-corrected chi connectivity index (χ2v) is 4.46. The molecule has 1 aliphatic rings. The molecule has 0 amide bonds. The van der Waals surface area contributed by atoms with Crippen molar-refractivity contribution in [2.24, 2.45) is 5.92 Å². The smallest absolute Gasteiger partial charge is 0.228 e. The number of hydrogen-bond donors (Lipinski definition) is 0. The number of nitrogens with zero attached hydrogens (tertiary/aromatic N) is 1. The number of hydrogen-bond acceptors (Lipinski definition) is 2. The van der Waals surface area contributed by atoms with E-state index in [-0.39, 0.29) is 0 Å². The van der Waals surface area contributed by atoms with Crippen LogP contribution in [0, 0.1) is 5.92 Å². The minimum atomic E-state index is 0.376. The Labute approximate surface area is 86.5 Å². The molecular formula is C10H12BrNO. The molecule has 0 radical (unpaired) electrons. The van der Waals surface area contributed by atoms with E-state index in [1.807, 2.05) is 12.1 Å². The van der Waals surface area contributed by atoms with Gasteiger partial charge in [-0.05, 0) is 46.8 Å². The Balaban J connectivity index is 1.98. The second kappa shape index (κ2) is 3.66. The summed E-state index contributed by atoms with van der Waals surface area (Å²) in [6.07, 6.45) is 4.44. The summed E-state index contributed by atoms with van der Waals surface area (Å²) in [5, 5.41) is 0. The van der Waals surface area contributed by atoms with Crippen LogP contribution in [-0.4, -0.2) is 11.1 Å². The summed E-state index contributed by atoms with van der Waals surface area (Å²) in [4.78, 5) is 4.16. The van der Waals surface area contributed by atoms with Crippen molar-refractivity contribution in [3.05, 3.63) is 22.8 Å². The van der Waals surface area contributed by atoms with Crippen LogP contribution >= 0.6 is 15.9 Å². The molecule has 1 aliphatic carbocycles. The number of halogens is 1. The lowest BCUT2D eigenvalue weighted by Crippen LogP contribution is -2.32. The fraction of sp³-hybridized carbons (Fsp3) is 0.500. The molecule has 0 saturated heterocycles. The van der Waals surface area contributed by atoms with Crippen molar-refractivity contribution < 1.29 is 4.74 Å². The minimum Gasteiger partial charge on any atom is -0.474 e. The van der Waals surface area contributed by atoms with Gasteiger partial charge in [-0.3, -0.25) is 0 Å². The zero-order valence-corrected chi connectivity index (χ0v) is 9.12. The highest BCUT2D eigenvalue weighted by molar-refractivity contribution is 9.10. The number of ether oxygens (including phenoxy) is 1. The van der Waals surface area contributed by atoms with E-state index in [1.54, 1.807) is 6.20 Å². The van der Waals surface area contributed by atoms with Crippen LogP contribution in [-0.2, 0) is 0 Å². The highest BCUT2D eigenvalue weighted by atomic mass is 79.9. The molecule has 1 aromatic rings. The van der Waals surface area contributed by atoms with Crippen LogP contribution in [0.2, 0.25) is 0 Å². The lowest BCUT2D eigenvalue weighted by molar-refractivity contribution is 0.0688. The lowest BCUT2D eigenvalue weighted by Gasteiger charge is -2.32. The van der Waals surface area contributed by atoms with E-state index >= 15 is 0 Å². The molecule has 1 saturated carbocycles. The largest absolute Gasteiger partial charge is 0.474 e. The molecular weight excluding hydrogens is 230 g/mol. The van der Waals surface area contributed by atoms with Crippen molar-refractivity contribution in [2.75, 3.05) is 0 Å². The zero-order valence-electron chi connectivity index (χ0n) is 7.53. The highest BCUT2D eigenvalue weighted by Crippen LogP contribution is 2.32. The topological polar surface area (TPSA) is 22.1 Å². The molecule has 2 nitrogen and oxygen atoms in total. The van der Waals surface area contributed by atoms with Crippen LogP contribution in [0.25, 0.3) is 0 Å². The standard InChI is InChI=1S/C10H12BrNO/c1-7-5-8(6-7)13-10-9(11)3-2-4-12-10/h2-4,7-8H,5-6H2,1H3. The van der Waals surface area contributed by atoms with Crippen LogP contribution in [0.4, 0.5) is 0 Å². The first kappa shape index (κ1) is 9.00. The third kappa shape index (κ3) is 2.02. The molecule has 1 aromatic heterocycles. The lowest BCUT2D eigenvalue weighted by atomic mass is 9.84. The van der Waals surface area contributed by atoms with Crippen molar-refractivity contribution >= 4 is 15.9 Å². The SMILES string of the molecule is CC1CC(Oc2ncccc2Br)C1. The fourth-order valence-electron chi connectivity index (χ4n) is 1.54. The van der Waals surface area contributed by atoms with Gasteiger partial charge in [-0.25, -0.2) is 4.98 Å². The maximum absolute atomic E-state index is 5.69. The number of rotatable bonds is 2. The highest BCUT2D eigenvalue weighted by Gasteiger charge is 2.27. The van der Waals surface area contributed by atoms with E-state index in [0.717, 1.165) is 29.1 Å². The monoisotopic (exact) mass is 241 g/mol. The summed E-state index contributed by atoms with van der Waals surface area (Å²) in [5.74, 6) is 1.53. The molecule has 0 spiro atoms. The second-order valence-electron chi connectivity index (χ2n) is 3.61. The molecule has 0 bridgehead atoms. The molecule has 0 unspecified atom stereocenters. The van der Waals surface area contributed by atoms with Crippen LogP contribution < -0.4 is 4.74 Å². The van der Waals surface area contributed by atoms with Crippen molar-refractivity contribution in [1.82, 2.24) is 4.98 Å². The molecule has 1 fully saturated rings. The van der Waals surface area contributed by atoms with E-state index < -0.39 is 0 Å². The first-order valence-electron chi connectivity index (χ1n) is 4.53. The van der Waals surface area contributed by atoms with E-state index in [0.29, 0.717) is 6.10 Å². The summed E-state index contributed by atoms with van der Waals surface area (Å²) in [5.41, 5.74) is 0. The van der Waals surface area contributed by atoms with E-state index in [1.165, 1.54) is 0 Å². The molecule has 0 atom stereocenters. The third-order valence-electron chi connectivity index (χ3n) is 2.33. The first-order valence-corrected chi connectivity index (χ1v) is 5.32. The summed E-state index contributed by atoms with van der Waals surface area (Å²) in [7, 11) is 0. The predicted octanol–water partition coefficient (Wildman–Crippen LogP) is 3.02. The van der Waals surface area contributed by atoms with Gasteiger partial charge >= 0.3 is 0 Å². The van der Waals surface area contributed by atoms with Crippen molar-refractivity contribution in [3.63, 3.8) is 0 Å². The van der Waals surface area contributed by atoms with Gasteiger partial charge in [0.05, 0.1) is 4.47 Å². The summed E-state index contributed by atoms with van der Waals surface area (Å²) < 4.78 is 6.63. The number of aromatic nitrogens is 1. The van der Waals surface area contributed by atoms with Gasteiger partial charge in [0.25, 0.3) is 0 Å². The van der Waals surface area contributed by atoms with Gasteiger partial charge in [-0.2, -0.15) is 0 Å². The average Bonchev–Trinajstić information content (AvgIpc) is 2.06. The van der Waals surface area contributed by atoms with Crippen molar-refractivity contribution in [2.45, 2.75) is 25.9 Å². The normalized spacial score (nSPS) is 26.6. The predicted molar refractivity (Wildman–Crippen MR) is 54.8 cm³/mol. The summed E-state index contributed by atoms with van der Waals surface area (Å²) >= 11 is 3.41. The van der Waals surface area contributed by atoms with Crippen LogP contribution in [0.1, 0.15) is 19.8 Å². The van der Waals surface area contributed by atoms with Gasteiger partial charge in [0.1, 0.15) is 6.10 Å². The van der Waals surface area contributed by atoms with Crippen LogP contribution in [0.5, 0.6) is 5.88 Å². The molecule has 0 aromatic carbocycles. The number of pyridine rings is 1. The quantitative estimate of drug-likeness (QED) is 0.795. The van der Waals surface area contributed by atoms with Gasteiger partial charge < -0.3 is 4.74 Å². The molecule has 13 heavy (non-hydrogen) atoms. The Hall–Kier alpha value is -0.570. The molecule has 1 heterocycles. The average molecular weight is 242 g/mol. The first-order chi connectivity index (χ1) is 6.25. The van der Waals surface area contributed by atoms with Gasteiger partial charge in [0.2, 0.25) is 5.88 Å². The van der Waals surface area contributed by atoms with Crippen molar-refractivity contribution in [3.8, 4) is 5.88 Å². The summed E-state index contributed by atoms with van der Waals surface area (Å²) in [6.45, 7) is 2.24. The van der Waals surface area contributed by atoms with Crippen LogP contribution in [0.15, 0.2) is 22.8 Å². The Bertz CT molecular complexity index is 297. The van der Waals surface area contributed by atoms with Crippen molar-refractivity contribution in [1.29, 1.82) is 0 Å². The zero-order chi connectivity index (χ0) is 9.26. The molecule has 2 rings (SSSR count). The van der Waals surface area contributed by atoms with E-state index in [9.17, 15) is 0 Å². The van der Waals surface area contributed by atoms with Gasteiger partial charge in [-0.1, -0.05) is 6.92 Å². The van der Waals surface area contributed by atoms with E-state index in [4.69, 9.17) is 4.74 Å². The molecule has 0 N–H and O–H groups in total. The molecule has 0 aliphatic heterocycles. The van der Waals surface area contributed by atoms with Gasteiger partial charge in [0, 0.05) is 6.20 Å². The van der Waals surface area contributed by atoms with E-state index in [2.05, 4.69) is 27.8 Å². The Morgan fingerprint density at radius 3 is 2.92 bits per heavy atom. The van der Waals surface area contributed by atoms with Gasteiger partial charge in [0.15, 0.2) is 0 Å². The third-order valence-corrected chi connectivity index (χ3v) is 2.94. The Morgan fingerprint density at radius 2 is 2.31 bits per heavy atom. The fourth-order valence-corrected chi connectivity index (χ4v) is 1.89.